The second kappa shape index (κ2) is 6.96. The van der Waals surface area contributed by atoms with E-state index in [-0.39, 0.29) is 17.1 Å². The normalized spacial score (nSPS) is 15.4. The van der Waals surface area contributed by atoms with Crippen molar-refractivity contribution >= 4 is 16.7 Å². The third-order valence-electron chi connectivity index (χ3n) is 5.34. The highest BCUT2D eigenvalue weighted by molar-refractivity contribution is 5.84. The second-order valence-electron chi connectivity index (χ2n) is 7.11. The summed E-state index contributed by atoms with van der Waals surface area (Å²) in [4.78, 5) is 15.7. The van der Waals surface area contributed by atoms with Gasteiger partial charge in [0.25, 0.3) is 0 Å². The summed E-state index contributed by atoms with van der Waals surface area (Å²) in [5.74, 6) is 0.414. The molecule has 140 valence electrons. The number of aryl methyl sites for hydroxylation is 1. The minimum Gasteiger partial charge on any atom is -0.508 e. The maximum absolute atomic E-state index is 12.0. The van der Waals surface area contributed by atoms with E-state index in [4.69, 9.17) is 4.42 Å². The van der Waals surface area contributed by atoms with E-state index in [9.17, 15) is 15.0 Å². The van der Waals surface area contributed by atoms with Gasteiger partial charge >= 0.3 is 5.63 Å². The molecule has 27 heavy (non-hydrogen) atoms. The molecule has 1 saturated heterocycles. The molecule has 2 aromatic carbocycles. The Kier molecular flexibility index (Phi) is 4.49. The number of nitrogens with one attached hydrogen (secondary N) is 1. The van der Waals surface area contributed by atoms with Gasteiger partial charge in [0.05, 0.1) is 26.2 Å². The summed E-state index contributed by atoms with van der Waals surface area (Å²) >= 11 is 0. The van der Waals surface area contributed by atoms with Gasteiger partial charge in [0.2, 0.25) is 0 Å². The molecule has 4 rings (SSSR count). The Morgan fingerprint density at radius 3 is 2.48 bits per heavy atom. The number of fused-ring (bicyclic) bond motifs is 1. The molecule has 1 aliphatic heterocycles. The fourth-order valence-electron chi connectivity index (χ4n) is 3.75. The summed E-state index contributed by atoms with van der Waals surface area (Å²) < 4.78 is 5.33. The van der Waals surface area contributed by atoms with Crippen LogP contribution in [0, 0.1) is 6.92 Å². The second-order valence-corrected chi connectivity index (χ2v) is 7.11. The van der Waals surface area contributed by atoms with Crippen LogP contribution in [0.5, 0.6) is 11.5 Å². The number of nitrogens with zero attached hydrogens (tertiary/aromatic N) is 1. The monoisotopic (exact) mass is 367 g/mol. The molecule has 0 radical (unpaired) electrons. The minimum atomic E-state index is -0.381. The zero-order valence-corrected chi connectivity index (χ0v) is 15.2. The van der Waals surface area contributed by atoms with Crippen molar-refractivity contribution in [2.24, 2.45) is 0 Å². The van der Waals surface area contributed by atoms with Crippen molar-refractivity contribution in [3.63, 3.8) is 0 Å². The summed E-state index contributed by atoms with van der Waals surface area (Å²) in [6.45, 7) is 6.25. The Morgan fingerprint density at radius 1 is 1.07 bits per heavy atom. The number of hydrogen-bond donors (Lipinski definition) is 3. The van der Waals surface area contributed by atoms with Gasteiger partial charge in [0, 0.05) is 28.3 Å². The van der Waals surface area contributed by atoms with Crippen molar-refractivity contribution in [2.75, 3.05) is 31.1 Å². The molecule has 0 saturated carbocycles. The highest BCUT2D eigenvalue weighted by Gasteiger charge is 2.22. The molecule has 0 spiro atoms. The number of hydrogen-bond acceptors (Lipinski definition) is 5. The molecule has 2 heterocycles. The number of phenolic OH excluding ortho intramolecular Hbond substituents is 2. The predicted molar refractivity (Wildman–Crippen MR) is 104 cm³/mol. The molecule has 1 fully saturated rings. The van der Waals surface area contributed by atoms with Gasteiger partial charge in [0.1, 0.15) is 23.6 Å². The van der Waals surface area contributed by atoms with Gasteiger partial charge < -0.3 is 24.4 Å². The molecule has 0 unspecified atom stereocenters. The average molecular weight is 367 g/mol. The van der Waals surface area contributed by atoms with E-state index < -0.39 is 0 Å². The average Bonchev–Trinajstić information content (AvgIpc) is 2.66. The lowest BCUT2D eigenvalue weighted by Crippen LogP contribution is -3.13. The molecular weight excluding hydrogens is 344 g/mol. The van der Waals surface area contributed by atoms with Crippen LogP contribution in [0.1, 0.15) is 11.1 Å². The van der Waals surface area contributed by atoms with Gasteiger partial charge in [-0.1, -0.05) is 0 Å². The van der Waals surface area contributed by atoms with Gasteiger partial charge in [-0.3, -0.25) is 0 Å². The molecule has 3 N–H and O–H groups in total. The van der Waals surface area contributed by atoms with Crippen LogP contribution in [-0.2, 0) is 6.54 Å². The summed E-state index contributed by atoms with van der Waals surface area (Å²) in [5, 5.41) is 20.2. The number of aromatic hydroxyl groups is 2. The van der Waals surface area contributed by atoms with Crippen molar-refractivity contribution in [1.29, 1.82) is 0 Å². The lowest BCUT2D eigenvalue weighted by atomic mass is 10.1. The quantitative estimate of drug-likeness (QED) is 0.610. The Bertz CT molecular complexity index is 1020. The highest BCUT2D eigenvalue weighted by atomic mass is 16.4. The number of rotatable bonds is 3. The standard InChI is InChI=1S/C21H22N2O4/c1-14-19(25)7-6-18-15(12-20(26)27-21(14)18)13-22-8-10-23(11-9-22)16-2-4-17(24)5-3-16/h2-7,12,24-25H,8-11,13H2,1H3/p+1. The first-order valence-corrected chi connectivity index (χ1v) is 9.14. The maximum atomic E-state index is 12.0. The zero-order valence-electron chi connectivity index (χ0n) is 15.2. The summed E-state index contributed by atoms with van der Waals surface area (Å²) in [6, 6.07) is 12.3. The number of benzene rings is 2. The lowest BCUT2D eigenvalue weighted by Gasteiger charge is -2.33. The smallest absolute Gasteiger partial charge is 0.336 e. The predicted octanol–water partition coefficient (Wildman–Crippen LogP) is 1.42. The lowest BCUT2D eigenvalue weighted by molar-refractivity contribution is -0.914. The van der Waals surface area contributed by atoms with E-state index >= 15 is 0 Å². The minimum absolute atomic E-state index is 0.137. The van der Waals surface area contributed by atoms with Crippen LogP contribution in [-0.4, -0.2) is 36.4 Å². The van der Waals surface area contributed by atoms with Crippen LogP contribution in [0.4, 0.5) is 5.69 Å². The first-order chi connectivity index (χ1) is 13.0. The van der Waals surface area contributed by atoms with E-state index in [2.05, 4.69) is 4.90 Å². The number of piperazine rings is 1. The zero-order chi connectivity index (χ0) is 19.0. The molecule has 0 aliphatic carbocycles. The van der Waals surface area contributed by atoms with Crippen LogP contribution < -0.4 is 15.4 Å². The Morgan fingerprint density at radius 2 is 1.78 bits per heavy atom. The molecule has 1 aromatic heterocycles. The van der Waals surface area contributed by atoms with Gasteiger partial charge in [-0.2, -0.15) is 0 Å². The first-order valence-electron chi connectivity index (χ1n) is 9.14. The van der Waals surface area contributed by atoms with Crippen LogP contribution in [0.15, 0.2) is 51.7 Å². The van der Waals surface area contributed by atoms with Crippen molar-refractivity contribution < 1.29 is 19.5 Å². The van der Waals surface area contributed by atoms with E-state index in [1.165, 1.54) is 4.90 Å². The van der Waals surface area contributed by atoms with Crippen molar-refractivity contribution in [3.05, 3.63) is 64.0 Å². The van der Waals surface area contributed by atoms with Crippen LogP contribution >= 0.6 is 0 Å². The molecule has 3 aromatic rings. The van der Waals surface area contributed by atoms with E-state index in [1.54, 1.807) is 31.2 Å². The molecule has 6 heteroatoms. The number of quaternary nitrogens is 1. The van der Waals surface area contributed by atoms with Gasteiger partial charge in [0.15, 0.2) is 0 Å². The van der Waals surface area contributed by atoms with Crippen LogP contribution in [0.25, 0.3) is 11.0 Å². The Balaban J connectivity index is 1.52. The fourth-order valence-corrected chi connectivity index (χ4v) is 3.75. The van der Waals surface area contributed by atoms with E-state index in [0.29, 0.717) is 11.1 Å². The molecule has 0 amide bonds. The van der Waals surface area contributed by atoms with E-state index in [0.717, 1.165) is 49.4 Å². The third kappa shape index (κ3) is 3.48. The van der Waals surface area contributed by atoms with Crippen molar-refractivity contribution in [1.82, 2.24) is 0 Å². The number of anilines is 1. The van der Waals surface area contributed by atoms with Crippen molar-refractivity contribution in [3.8, 4) is 11.5 Å². The van der Waals surface area contributed by atoms with Gasteiger partial charge in [-0.05, 0) is 43.3 Å². The molecule has 6 nitrogen and oxygen atoms in total. The SMILES string of the molecule is Cc1c(O)ccc2c(C[NH+]3CCN(c4ccc(O)cc4)CC3)cc(=O)oc12. The third-order valence-corrected chi connectivity index (χ3v) is 5.34. The molecule has 0 atom stereocenters. The Hall–Kier alpha value is -2.99. The van der Waals surface area contributed by atoms with Crippen molar-refractivity contribution in [2.45, 2.75) is 13.5 Å². The molecule has 0 bridgehead atoms. The summed E-state index contributed by atoms with van der Waals surface area (Å²) in [7, 11) is 0. The molecule has 1 aliphatic rings. The van der Waals surface area contributed by atoms with Gasteiger partial charge in [-0.25, -0.2) is 4.79 Å². The fraction of sp³-hybridized carbons (Fsp3) is 0.286. The topological polar surface area (TPSA) is 78.4 Å². The Labute approximate surface area is 156 Å². The first kappa shape index (κ1) is 17.4. The van der Waals surface area contributed by atoms with Gasteiger partial charge in [-0.15, -0.1) is 0 Å². The number of phenols is 2. The maximum Gasteiger partial charge on any atom is 0.336 e. The van der Waals surface area contributed by atoms with Crippen LogP contribution in [0.2, 0.25) is 0 Å². The summed E-state index contributed by atoms with van der Waals surface area (Å²) in [6.07, 6.45) is 0. The molecular formula is C21H23N2O4+. The highest BCUT2D eigenvalue weighted by Crippen LogP contribution is 2.27. The largest absolute Gasteiger partial charge is 0.508 e. The van der Waals surface area contributed by atoms with Crippen LogP contribution in [0.3, 0.4) is 0 Å². The summed E-state index contributed by atoms with van der Waals surface area (Å²) in [5.41, 5.74) is 2.76. The van der Waals surface area contributed by atoms with E-state index in [1.807, 2.05) is 18.2 Å².